The second-order valence-electron chi connectivity index (χ2n) is 6.01. The molecular formula is C16H28N4O. The zero-order chi connectivity index (χ0) is 15.1. The van der Waals surface area contributed by atoms with Gasteiger partial charge in [0, 0.05) is 24.5 Å². The van der Waals surface area contributed by atoms with Crippen LogP contribution in [-0.4, -0.2) is 42.3 Å². The number of rotatable bonds is 7. The molecule has 0 atom stereocenters. The Morgan fingerprint density at radius 3 is 2.81 bits per heavy atom. The van der Waals surface area contributed by atoms with Crippen LogP contribution < -0.4 is 10.6 Å². The van der Waals surface area contributed by atoms with E-state index in [-0.39, 0.29) is 0 Å². The Balaban J connectivity index is 1.68. The average molecular weight is 292 g/mol. The molecule has 1 fully saturated rings. The maximum absolute atomic E-state index is 5.89. The first-order valence-corrected chi connectivity index (χ1v) is 8.07. The minimum atomic E-state index is 0.426. The zero-order valence-electron chi connectivity index (χ0n) is 13.5. The summed E-state index contributed by atoms with van der Waals surface area (Å²) in [4.78, 5) is 8.98. The van der Waals surface area contributed by atoms with Crippen molar-refractivity contribution < 1.29 is 4.74 Å². The third kappa shape index (κ3) is 5.59. The third-order valence-electron chi connectivity index (χ3n) is 3.71. The van der Waals surface area contributed by atoms with Gasteiger partial charge in [0.2, 0.25) is 5.95 Å². The molecule has 5 heteroatoms. The van der Waals surface area contributed by atoms with E-state index in [0.717, 1.165) is 62.8 Å². The summed E-state index contributed by atoms with van der Waals surface area (Å²) in [6.07, 6.45) is 3.69. The monoisotopic (exact) mass is 292 g/mol. The molecule has 118 valence electrons. The van der Waals surface area contributed by atoms with Crippen molar-refractivity contribution in [2.24, 2.45) is 0 Å². The predicted octanol–water partition coefficient (Wildman–Crippen LogP) is 2.48. The van der Waals surface area contributed by atoms with Crippen molar-refractivity contribution in [3.8, 4) is 0 Å². The van der Waals surface area contributed by atoms with Gasteiger partial charge in [-0.25, -0.2) is 9.97 Å². The van der Waals surface area contributed by atoms with Crippen molar-refractivity contribution in [1.82, 2.24) is 15.3 Å². The molecule has 1 aliphatic rings. The first-order valence-electron chi connectivity index (χ1n) is 8.07. The molecular weight excluding hydrogens is 264 g/mol. The summed E-state index contributed by atoms with van der Waals surface area (Å²) < 4.78 is 5.89. The zero-order valence-corrected chi connectivity index (χ0v) is 13.5. The van der Waals surface area contributed by atoms with E-state index in [2.05, 4.69) is 40.5 Å². The first kappa shape index (κ1) is 16.2. The van der Waals surface area contributed by atoms with Crippen LogP contribution in [0.5, 0.6) is 0 Å². The summed E-state index contributed by atoms with van der Waals surface area (Å²) in [7, 11) is 0. The quantitative estimate of drug-likeness (QED) is 0.756. The molecule has 1 saturated heterocycles. The largest absolute Gasteiger partial charge is 0.378 e. The van der Waals surface area contributed by atoms with Gasteiger partial charge in [-0.3, -0.25) is 0 Å². The minimum Gasteiger partial charge on any atom is -0.378 e. The van der Waals surface area contributed by atoms with Crippen molar-refractivity contribution >= 4 is 5.95 Å². The molecule has 21 heavy (non-hydrogen) atoms. The van der Waals surface area contributed by atoms with E-state index in [4.69, 9.17) is 4.74 Å². The Morgan fingerprint density at radius 2 is 2.10 bits per heavy atom. The summed E-state index contributed by atoms with van der Waals surface area (Å²) in [6.45, 7) is 10.1. The molecule has 2 rings (SSSR count). The molecule has 1 aromatic heterocycles. The molecule has 1 aromatic rings. The van der Waals surface area contributed by atoms with Gasteiger partial charge in [0.15, 0.2) is 0 Å². The number of nitrogens with one attached hydrogen (secondary N) is 2. The molecule has 0 radical (unpaired) electrons. The lowest BCUT2D eigenvalue weighted by Crippen LogP contribution is -2.32. The van der Waals surface area contributed by atoms with Gasteiger partial charge >= 0.3 is 0 Å². The third-order valence-corrected chi connectivity index (χ3v) is 3.71. The van der Waals surface area contributed by atoms with Crippen LogP contribution >= 0.6 is 0 Å². The van der Waals surface area contributed by atoms with Crippen LogP contribution in [0.4, 0.5) is 5.95 Å². The number of hydrogen-bond acceptors (Lipinski definition) is 5. The lowest BCUT2D eigenvalue weighted by Gasteiger charge is -2.22. The lowest BCUT2D eigenvalue weighted by atomic mass is 10.1. The summed E-state index contributed by atoms with van der Waals surface area (Å²) in [5.74, 6) is 1.16. The van der Waals surface area contributed by atoms with Crippen LogP contribution in [-0.2, 0) is 4.74 Å². The Bertz CT molecular complexity index is 430. The molecule has 0 saturated carbocycles. The van der Waals surface area contributed by atoms with E-state index in [0.29, 0.717) is 12.0 Å². The van der Waals surface area contributed by atoms with E-state index >= 15 is 0 Å². The number of nitrogens with zero attached hydrogens (tertiary/aromatic N) is 2. The van der Waals surface area contributed by atoms with Crippen LogP contribution in [0.2, 0.25) is 0 Å². The lowest BCUT2D eigenvalue weighted by molar-refractivity contribution is 0.0329. The van der Waals surface area contributed by atoms with E-state index < -0.39 is 0 Å². The number of ether oxygens (including phenoxy) is 1. The molecule has 0 unspecified atom stereocenters. The Labute approximate surface area is 127 Å². The molecule has 2 N–H and O–H groups in total. The van der Waals surface area contributed by atoms with Gasteiger partial charge in [-0.15, -0.1) is 0 Å². The normalized spacial score (nSPS) is 16.4. The number of piperidine rings is 1. The van der Waals surface area contributed by atoms with Crippen molar-refractivity contribution in [2.75, 3.05) is 31.6 Å². The Hall–Kier alpha value is -1.20. The molecule has 1 aliphatic heterocycles. The first-order chi connectivity index (χ1) is 10.1. The molecule has 0 bridgehead atoms. The van der Waals surface area contributed by atoms with Gasteiger partial charge in [-0.1, -0.05) is 13.8 Å². The van der Waals surface area contributed by atoms with E-state index in [1.54, 1.807) is 0 Å². The van der Waals surface area contributed by atoms with Crippen LogP contribution in [0, 0.1) is 6.92 Å². The SMILES string of the molecule is Cc1cc(C(C)C)nc(NCCCOC2CCNCC2)n1. The van der Waals surface area contributed by atoms with Crippen molar-refractivity contribution in [3.05, 3.63) is 17.5 Å². The summed E-state index contributed by atoms with van der Waals surface area (Å²) in [5, 5.41) is 6.65. The topological polar surface area (TPSA) is 59.1 Å². The van der Waals surface area contributed by atoms with Gasteiger partial charge in [0.05, 0.1) is 6.10 Å². The maximum atomic E-state index is 5.89. The van der Waals surface area contributed by atoms with Gasteiger partial charge in [0.1, 0.15) is 0 Å². The number of hydrogen-bond donors (Lipinski definition) is 2. The molecule has 0 spiro atoms. The molecule has 0 amide bonds. The van der Waals surface area contributed by atoms with Gasteiger partial charge in [-0.2, -0.15) is 0 Å². The maximum Gasteiger partial charge on any atom is 0.223 e. The smallest absolute Gasteiger partial charge is 0.223 e. The number of aromatic nitrogens is 2. The fourth-order valence-corrected chi connectivity index (χ4v) is 2.45. The summed E-state index contributed by atoms with van der Waals surface area (Å²) in [5.41, 5.74) is 2.11. The van der Waals surface area contributed by atoms with Crippen LogP contribution in [0.25, 0.3) is 0 Å². The fraction of sp³-hybridized carbons (Fsp3) is 0.750. The predicted molar refractivity (Wildman–Crippen MR) is 85.8 cm³/mol. The van der Waals surface area contributed by atoms with E-state index in [1.807, 2.05) is 6.92 Å². The summed E-state index contributed by atoms with van der Waals surface area (Å²) >= 11 is 0. The number of aryl methyl sites for hydroxylation is 1. The second-order valence-corrected chi connectivity index (χ2v) is 6.01. The van der Waals surface area contributed by atoms with Crippen LogP contribution in [0.15, 0.2) is 6.07 Å². The van der Waals surface area contributed by atoms with E-state index in [1.165, 1.54) is 0 Å². The van der Waals surface area contributed by atoms with Gasteiger partial charge in [0.25, 0.3) is 0 Å². The van der Waals surface area contributed by atoms with Crippen molar-refractivity contribution in [2.45, 2.75) is 52.1 Å². The van der Waals surface area contributed by atoms with Crippen molar-refractivity contribution in [3.63, 3.8) is 0 Å². The second kappa shape index (κ2) is 8.29. The highest BCUT2D eigenvalue weighted by Gasteiger charge is 2.12. The standard InChI is InChI=1S/C16H28N4O/c1-12(2)15-11-13(3)19-16(20-15)18-7-4-10-21-14-5-8-17-9-6-14/h11-12,14,17H,4-10H2,1-3H3,(H,18,19,20). The summed E-state index contributed by atoms with van der Waals surface area (Å²) in [6, 6.07) is 2.05. The highest BCUT2D eigenvalue weighted by molar-refractivity contribution is 5.28. The molecule has 0 aliphatic carbocycles. The van der Waals surface area contributed by atoms with Crippen molar-refractivity contribution in [1.29, 1.82) is 0 Å². The van der Waals surface area contributed by atoms with Crippen LogP contribution in [0.1, 0.15) is 50.4 Å². The van der Waals surface area contributed by atoms with Crippen LogP contribution in [0.3, 0.4) is 0 Å². The molecule has 5 nitrogen and oxygen atoms in total. The van der Waals surface area contributed by atoms with Gasteiger partial charge < -0.3 is 15.4 Å². The fourth-order valence-electron chi connectivity index (χ4n) is 2.45. The average Bonchev–Trinajstić information content (AvgIpc) is 2.47. The van der Waals surface area contributed by atoms with E-state index in [9.17, 15) is 0 Å². The highest BCUT2D eigenvalue weighted by Crippen LogP contribution is 2.14. The Kier molecular flexibility index (Phi) is 6.39. The highest BCUT2D eigenvalue weighted by atomic mass is 16.5. The minimum absolute atomic E-state index is 0.426. The Morgan fingerprint density at radius 1 is 1.33 bits per heavy atom. The van der Waals surface area contributed by atoms with Gasteiger partial charge in [-0.05, 0) is 51.3 Å². The molecule has 0 aromatic carbocycles. The number of anilines is 1. The molecule has 2 heterocycles.